The number of hydrogen-bond donors (Lipinski definition) is 1. The molecular weight excluding hydrogens is 295 g/mol. The van der Waals surface area contributed by atoms with E-state index < -0.39 is 41.6 Å². The molecule has 9 heteroatoms. The van der Waals surface area contributed by atoms with Gasteiger partial charge in [-0.25, -0.2) is 4.79 Å². The van der Waals surface area contributed by atoms with Crippen LogP contribution in [0, 0.1) is 0 Å². The number of alkyl halides is 3. The van der Waals surface area contributed by atoms with Gasteiger partial charge in [-0.15, -0.1) is 0 Å². The normalized spacial score (nSPS) is 17.1. The second-order valence-corrected chi connectivity index (χ2v) is 4.27. The van der Waals surface area contributed by atoms with Crippen molar-refractivity contribution >= 4 is 17.7 Å². The van der Waals surface area contributed by atoms with Crippen molar-refractivity contribution < 1.29 is 37.3 Å². The number of methoxy groups -OCH3 is 2. The zero-order chi connectivity index (χ0) is 16.2. The highest BCUT2D eigenvalue weighted by atomic mass is 19.4. The SMILES string of the molecule is COC(=O)CC(=NC1CC1)/C(C(=O)OC)=C(\O)C(F)(F)F. The molecule has 1 aliphatic carbocycles. The second kappa shape index (κ2) is 6.59. The smallest absolute Gasteiger partial charge is 0.449 e. The van der Waals surface area contributed by atoms with Gasteiger partial charge in [0.15, 0.2) is 0 Å². The summed E-state index contributed by atoms with van der Waals surface area (Å²) in [7, 11) is 1.90. The molecule has 0 radical (unpaired) electrons. The van der Waals surface area contributed by atoms with Gasteiger partial charge in [-0.3, -0.25) is 9.79 Å². The molecular formula is C12H14F3NO5. The number of aliphatic hydroxyl groups excluding tert-OH is 1. The number of halogens is 3. The molecule has 1 rings (SSSR count). The fraction of sp³-hybridized carbons (Fsp3) is 0.583. The first-order valence-electron chi connectivity index (χ1n) is 5.93. The zero-order valence-corrected chi connectivity index (χ0v) is 11.4. The van der Waals surface area contributed by atoms with Crippen LogP contribution >= 0.6 is 0 Å². The average Bonchev–Trinajstić information content (AvgIpc) is 3.21. The van der Waals surface area contributed by atoms with Gasteiger partial charge in [0.05, 0.1) is 32.4 Å². The standard InChI is InChI=1S/C12H14F3NO5/c1-20-8(17)5-7(16-6-3-4-6)9(11(19)21-2)10(18)12(13,14)15/h6,18H,3-5H2,1-2H3/b10-9+,16-7?. The summed E-state index contributed by atoms with van der Waals surface area (Å²) < 4.78 is 46.5. The Bertz CT molecular complexity index is 492. The van der Waals surface area contributed by atoms with E-state index in [9.17, 15) is 27.9 Å². The highest BCUT2D eigenvalue weighted by molar-refractivity contribution is 6.24. The Morgan fingerprint density at radius 2 is 1.81 bits per heavy atom. The van der Waals surface area contributed by atoms with E-state index in [0.717, 1.165) is 14.2 Å². The summed E-state index contributed by atoms with van der Waals surface area (Å²) in [6, 6.07) is -0.273. The Morgan fingerprint density at radius 3 is 2.19 bits per heavy atom. The summed E-state index contributed by atoms with van der Waals surface area (Å²) in [5.74, 6) is -4.45. The van der Waals surface area contributed by atoms with E-state index in [-0.39, 0.29) is 6.04 Å². The number of aliphatic imine (C=N–C) groups is 1. The van der Waals surface area contributed by atoms with Gasteiger partial charge in [0, 0.05) is 0 Å². The highest BCUT2D eigenvalue weighted by Gasteiger charge is 2.41. The van der Waals surface area contributed by atoms with Crippen molar-refractivity contribution in [2.75, 3.05) is 14.2 Å². The third kappa shape index (κ3) is 4.76. The Hall–Kier alpha value is -2.06. The van der Waals surface area contributed by atoms with Gasteiger partial charge in [0.25, 0.3) is 0 Å². The molecule has 1 aliphatic rings. The maximum atomic E-state index is 12.6. The minimum Gasteiger partial charge on any atom is -0.504 e. The predicted molar refractivity (Wildman–Crippen MR) is 64.8 cm³/mol. The molecule has 1 N–H and O–H groups in total. The second-order valence-electron chi connectivity index (χ2n) is 4.27. The molecule has 0 saturated heterocycles. The monoisotopic (exact) mass is 309 g/mol. The molecule has 0 amide bonds. The van der Waals surface area contributed by atoms with Crippen LogP contribution in [-0.2, 0) is 19.1 Å². The van der Waals surface area contributed by atoms with Gasteiger partial charge in [-0.2, -0.15) is 13.2 Å². The van der Waals surface area contributed by atoms with Crippen molar-refractivity contribution in [3.05, 3.63) is 11.3 Å². The lowest BCUT2D eigenvalue weighted by Crippen LogP contribution is -2.26. The van der Waals surface area contributed by atoms with Gasteiger partial charge in [-0.1, -0.05) is 0 Å². The van der Waals surface area contributed by atoms with Crippen LogP contribution in [0.4, 0.5) is 13.2 Å². The summed E-state index contributed by atoms with van der Waals surface area (Å²) in [6.45, 7) is 0. The predicted octanol–water partition coefficient (Wildman–Crippen LogP) is 1.70. The molecule has 0 aromatic rings. The van der Waals surface area contributed by atoms with Gasteiger partial charge in [0.2, 0.25) is 5.76 Å². The zero-order valence-electron chi connectivity index (χ0n) is 11.4. The van der Waals surface area contributed by atoms with Gasteiger partial charge < -0.3 is 14.6 Å². The molecule has 0 spiro atoms. The molecule has 0 atom stereocenters. The molecule has 0 heterocycles. The maximum absolute atomic E-state index is 12.6. The quantitative estimate of drug-likeness (QED) is 0.361. The number of aliphatic hydroxyl groups is 1. The fourth-order valence-corrected chi connectivity index (χ4v) is 1.43. The highest BCUT2D eigenvalue weighted by Crippen LogP contribution is 2.30. The summed E-state index contributed by atoms with van der Waals surface area (Å²) >= 11 is 0. The van der Waals surface area contributed by atoms with Crippen molar-refractivity contribution in [2.45, 2.75) is 31.5 Å². The lowest BCUT2D eigenvalue weighted by molar-refractivity contribution is -0.140. The molecule has 0 unspecified atom stereocenters. The van der Waals surface area contributed by atoms with Crippen LogP contribution in [0.1, 0.15) is 19.3 Å². The summed E-state index contributed by atoms with van der Waals surface area (Å²) in [4.78, 5) is 26.7. The average molecular weight is 309 g/mol. The topological polar surface area (TPSA) is 85.2 Å². The Kier molecular flexibility index (Phi) is 5.34. The van der Waals surface area contributed by atoms with Crippen LogP contribution in [0.3, 0.4) is 0 Å². The van der Waals surface area contributed by atoms with Crippen molar-refractivity contribution in [1.29, 1.82) is 0 Å². The number of ether oxygens (including phenoxy) is 2. The molecule has 0 aliphatic heterocycles. The Balaban J connectivity index is 3.30. The largest absolute Gasteiger partial charge is 0.504 e. The molecule has 1 fully saturated rings. The molecule has 1 saturated carbocycles. The first kappa shape index (κ1) is 17.0. The molecule has 21 heavy (non-hydrogen) atoms. The van der Waals surface area contributed by atoms with E-state index in [1.165, 1.54) is 0 Å². The first-order chi connectivity index (χ1) is 9.70. The molecule has 0 bridgehead atoms. The van der Waals surface area contributed by atoms with Crippen molar-refractivity contribution in [1.82, 2.24) is 0 Å². The van der Waals surface area contributed by atoms with Gasteiger partial charge in [-0.05, 0) is 12.8 Å². The number of carbonyl (C=O) groups is 2. The van der Waals surface area contributed by atoms with Crippen molar-refractivity contribution in [3.63, 3.8) is 0 Å². The summed E-state index contributed by atoms with van der Waals surface area (Å²) in [5, 5.41) is 9.26. The van der Waals surface area contributed by atoms with Crippen molar-refractivity contribution in [3.8, 4) is 0 Å². The number of rotatable bonds is 5. The Morgan fingerprint density at radius 1 is 1.24 bits per heavy atom. The first-order valence-corrected chi connectivity index (χ1v) is 5.93. The number of hydrogen-bond acceptors (Lipinski definition) is 6. The third-order valence-corrected chi connectivity index (χ3v) is 2.61. The van der Waals surface area contributed by atoms with Crippen LogP contribution in [0.15, 0.2) is 16.3 Å². The summed E-state index contributed by atoms with van der Waals surface area (Å²) in [6.07, 6.45) is -4.57. The number of nitrogens with zero attached hydrogens (tertiary/aromatic N) is 1. The lowest BCUT2D eigenvalue weighted by atomic mass is 10.1. The Labute approximate surface area is 118 Å². The molecule has 6 nitrogen and oxygen atoms in total. The number of esters is 2. The third-order valence-electron chi connectivity index (χ3n) is 2.61. The minimum atomic E-state index is -5.16. The van der Waals surface area contributed by atoms with E-state index in [1.54, 1.807) is 0 Å². The van der Waals surface area contributed by atoms with Crippen LogP contribution in [0.2, 0.25) is 0 Å². The number of allylic oxidation sites excluding steroid dienone is 1. The van der Waals surface area contributed by atoms with Crippen LogP contribution in [0.25, 0.3) is 0 Å². The van der Waals surface area contributed by atoms with E-state index in [2.05, 4.69) is 14.5 Å². The van der Waals surface area contributed by atoms with Crippen molar-refractivity contribution in [2.24, 2.45) is 4.99 Å². The van der Waals surface area contributed by atoms with E-state index in [4.69, 9.17) is 0 Å². The van der Waals surface area contributed by atoms with E-state index in [1.807, 2.05) is 0 Å². The van der Waals surface area contributed by atoms with Crippen LogP contribution < -0.4 is 0 Å². The van der Waals surface area contributed by atoms with E-state index >= 15 is 0 Å². The minimum absolute atomic E-state index is 0.273. The van der Waals surface area contributed by atoms with Crippen LogP contribution in [0.5, 0.6) is 0 Å². The van der Waals surface area contributed by atoms with Gasteiger partial charge >= 0.3 is 18.1 Å². The van der Waals surface area contributed by atoms with E-state index in [0.29, 0.717) is 12.8 Å². The molecule has 0 aromatic carbocycles. The maximum Gasteiger partial charge on any atom is 0.449 e. The summed E-state index contributed by atoms with van der Waals surface area (Å²) in [5.41, 5.74) is -1.66. The number of carbonyl (C=O) groups excluding carboxylic acids is 2. The fourth-order valence-electron chi connectivity index (χ4n) is 1.43. The van der Waals surface area contributed by atoms with Crippen LogP contribution in [-0.4, -0.2) is 49.2 Å². The molecule has 0 aromatic heterocycles. The lowest BCUT2D eigenvalue weighted by Gasteiger charge is -2.13. The van der Waals surface area contributed by atoms with Gasteiger partial charge in [0.1, 0.15) is 5.57 Å². The molecule has 118 valence electrons.